The molecule has 4 nitrogen and oxygen atoms in total. The lowest BCUT2D eigenvalue weighted by Gasteiger charge is -2.08. The van der Waals surface area contributed by atoms with E-state index in [0.717, 1.165) is 16.6 Å². The van der Waals surface area contributed by atoms with Gasteiger partial charge in [-0.05, 0) is 24.3 Å². The monoisotopic (exact) mass is 284 g/mol. The van der Waals surface area contributed by atoms with E-state index in [1.807, 2.05) is 12.1 Å². The van der Waals surface area contributed by atoms with Crippen molar-refractivity contribution in [3.05, 3.63) is 35.5 Å². The van der Waals surface area contributed by atoms with Crippen LogP contribution in [0.15, 0.2) is 30.5 Å². The van der Waals surface area contributed by atoms with Crippen LogP contribution in [0.3, 0.4) is 0 Å². The van der Waals surface area contributed by atoms with Crippen LogP contribution in [0, 0.1) is 0 Å². The van der Waals surface area contributed by atoms with Gasteiger partial charge in [-0.3, -0.25) is 4.98 Å². The van der Waals surface area contributed by atoms with E-state index in [9.17, 15) is 8.42 Å². The van der Waals surface area contributed by atoms with E-state index in [0.29, 0.717) is 11.6 Å². The summed E-state index contributed by atoms with van der Waals surface area (Å²) in [6.45, 7) is 0.376. The van der Waals surface area contributed by atoms with Gasteiger partial charge in [-0.15, -0.1) is 0 Å². The highest BCUT2D eigenvalue weighted by molar-refractivity contribution is 7.90. The van der Waals surface area contributed by atoms with Crippen LogP contribution < -0.4 is 5.32 Å². The number of rotatable bonds is 4. The number of benzene rings is 1. The first kappa shape index (κ1) is 13.1. The van der Waals surface area contributed by atoms with Crippen molar-refractivity contribution in [1.82, 2.24) is 4.98 Å². The number of sulfone groups is 1. The summed E-state index contributed by atoms with van der Waals surface area (Å²) < 4.78 is 22.1. The van der Waals surface area contributed by atoms with Gasteiger partial charge in [-0.25, -0.2) is 8.42 Å². The number of pyridine rings is 1. The van der Waals surface area contributed by atoms with E-state index in [4.69, 9.17) is 11.6 Å². The molecule has 2 aromatic rings. The van der Waals surface area contributed by atoms with E-state index in [1.54, 1.807) is 18.3 Å². The Hall–Kier alpha value is -1.33. The highest BCUT2D eigenvalue weighted by Gasteiger charge is 2.04. The Morgan fingerprint density at radius 1 is 1.33 bits per heavy atom. The average Bonchev–Trinajstić information content (AvgIpc) is 2.27. The van der Waals surface area contributed by atoms with Gasteiger partial charge in [-0.2, -0.15) is 0 Å². The van der Waals surface area contributed by atoms with Gasteiger partial charge in [0.1, 0.15) is 9.84 Å². The molecule has 0 radical (unpaired) electrons. The van der Waals surface area contributed by atoms with Gasteiger partial charge in [0.25, 0.3) is 0 Å². The first-order chi connectivity index (χ1) is 8.46. The van der Waals surface area contributed by atoms with Crippen molar-refractivity contribution in [3.63, 3.8) is 0 Å². The van der Waals surface area contributed by atoms with Crippen LogP contribution in [0.4, 0.5) is 5.69 Å². The Bertz CT molecular complexity index is 671. The highest BCUT2D eigenvalue weighted by atomic mass is 35.5. The molecule has 1 aromatic heterocycles. The molecule has 1 heterocycles. The van der Waals surface area contributed by atoms with E-state index >= 15 is 0 Å². The van der Waals surface area contributed by atoms with Gasteiger partial charge in [0, 0.05) is 35.1 Å². The van der Waals surface area contributed by atoms with Gasteiger partial charge in [-0.1, -0.05) is 11.6 Å². The molecular formula is C12H13ClN2O2S. The molecule has 1 aromatic carbocycles. The lowest BCUT2D eigenvalue weighted by molar-refractivity contribution is 0.602. The molecule has 18 heavy (non-hydrogen) atoms. The summed E-state index contributed by atoms with van der Waals surface area (Å²) in [6, 6.07) is 7.25. The smallest absolute Gasteiger partial charge is 0.149 e. The molecular weight excluding hydrogens is 272 g/mol. The number of aromatic nitrogens is 1. The molecule has 0 atom stereocenters. The van der Waals surface area contributed by atoms with Crippen molar-refractivity contribution in [3.8, 4) is 0 Å². The summed E-state index contributed by atoms with van der Waals surface area (Å²) in [5.41, 5.74) is 1.65. The molecule has 0 amide bonds. The molecule has 0 aliphatic heterocycles. The fourth-order valence-corrected chi connectivity index (χ4v) is 2.29. The van der Waals surface area contributed by atoms with Crippen LogP contribution >= 0.6 is 11.6 Å². The highest BCUT2D eigenvalue weighted by Crippen LogP contribution is 2.24. The molecule has 0 saturated carbocycles. The molecule has 0 unspecified atom stereocenters. The van der Waals surface area contributed by atoms with Gasteiger partial charge < -0.3 is 5.32 Å². The van der Waals surface area contributed by atoms with E-state index in [1.165, 1.54) is 6.26 Å². The first-order valence-electron chi connectivity index (χ1n) is 5.41. The third-order valence-corrected chi connectivity index (χ3v) is 3.67. The Kier molecular flexibility index (Phi) is 3.73. The van der Waals surface area contributed by atoms with Crippen LogP contribution in [-0.2, 0) is 9.84 Å². The van der Waals surface area contributed by atoms with Crippen LogP contribution in [0.25, 0.3) is 10.9 Å². The molecule has 96 valence electrons. The van der Waals surface area contributed by atoms with Crippen molar-refractivity contribution in [2.75, 3.05) is 23.9 Å². The van der Waals surface area contributed by atoms with Crippen molar-refractivity contribution < 1.29 is 8.42 Å². The molecule has 0 aliphatic rings. The van der Waals surface area contributed by atoms with Gasteiger partial charge in [0.05, 0.1) is 11.3 Å². The standard InChI is InChI=1S/C12H13ClN2O2S/c1-18(16,17)7-6-15-11-4-5-14-12-8-9(13)2-3-10(11)12/h2-5,8H,6-7H2,1H3,(H,14,15). The Morgan fingerprint density at radius 2 is 2.11 bits per heavy atom. The maximum atomic E-state index is 11.1. The van der Waals surface area contributed by atoms with Crippen molar-refractivity contribution in [1.29, 1.82) is 0 Å². The largest absolute Gasteiger partial charge is 0.383 e. The first-order valence-corrected chi connectivity index (χ1v) is 7.85. The minimum atomic E-state index is -2.95. The van der Waals surface area contributed by atoms with E-state index in [2.05, 4.69) is 10.3 Å². The van der Waals surface area contributed by atoms with Crippen LogP contribution in [0.2, 0.25) is 5.02 Å². The summed E-state index contributed by atoms with van der Waals surface area (Å²) in [4.78, 5) is 4.22. The third kappa shape index (κ3) is 3.34. The maximum Gasteiger partial charge on any atom is 0.149 e. The van der Waals surface area contributed by atoms with E-state index < -0.39 is 9.84 Å². The second-order valence-electron chi connectivity index (χ2n) is 4.08. The van der Waals surface area contributed by atoms with Crippen molar-refractivity contribution in [2.45, 2.75) is 0 Å². The van der Waals surface area contributed by atoms with Gasteiger partial charge in [0.2, 0.25) is 0 Å². The second kappa shape index (κ2) is 5.12. The molecule has 0 aliphatic carbocycles. The van der Waals surface area contributed by atoms with Crippen molar-refractivity contribution >= 4 is 38.0 Å². The molecule has 0 bridgehead atoms. The predicted molar refractivity (Wildman–Crippen MR) is 75.0 cm³/mol. The number of nitrogens with zero attached hydrogens (tertiary/aromatic N) is 1. The zero-order chi connectivity index (χ0) is 13.2. The third-order valence-electron chi connectivity index (χ3n) is 2.49. The van der Waals surface area contributed by atoms with Gasteiger partial charge in [0.15, 0.2) is 0 Å². The number of hydrogen-bond acceptors (Lipinski definition) is 4. The summed E-state index contributed by atoms with van der Waals surface area (Å²) in [5, 5.41) is 4.66. The molecule has 0 fully saturated rings. The zero-order valence-corrected chi connectivity index (χ0v) is 11.4. The Labute approximate surface area is 111 Å². The second-order valence-corrected chi connectivity index (χ2v) is 6.77. The molecule has 6 heteroatoms. The van der Waals surface area contributed by atoms with Crippen LogP contribution in [0.5, 0.6) is 0 Å². The molecule has 0 spiro atoms. The van der Waals surface area contributed by atoms with E-state index in [-0.39, 0.29) is 5.75 Å². The maximum absolute atomic E-state index is 11.1. The number of hydrogen-bond donors (Lipinski definition) is 1. The fraction of sp³-hybridized carbons (Fsp3) is 0.250. The Morgan fingerprint density at radius 3 is 2.83 bits per heavy atom. The topological polar surface area (TPSA) is 59.1 Å². The van der Waals surface area contributed by atoms with Gasteiger partial charge >= 0.3 is 0 Å². The number of nitrogens with one attached hydrogen (secondary N) is 1. The molecule has 2 rings (SSSR count). The molecule has 1 N–H and O–H groups in total. The molecule has 0 saturated heterocycles. The summed E-state index contributed by atoms with van der Waals surface area (Å²) in [7, 11) is -2.95. The zero-order valence-electron chi connectivity index (χ0n) is 9.85. The quantitative estimate of drug-likeness (QED) is 0.936. The minimum absolute atomic E-state index is 0.102. The minimum Gasteiger partial charge on any atom is -0.383 e. The lowest BCUT2D eigenvalue weighted by atomic mass is 10.2. The van der Waals surface area contributed by atoms with Crippen LogP contribution in [0.1, 0.15) is 0 Å². The SMILES string of the molecule is CS(=O)(=O)CCNc1ccnc2cc(Cl)ccc12. The lowest BCUT2D eigenvalue weighted by Crippen LogP contribution is -2.14. The fourth-order valence-electron chi connectivity index (χ4n) is 1.65. The number of fused-ring (bicyclic) bond motifs is 1. The van der Waals surface area contributed by atoms with Crippen molar-refractivity contribution in [2.24, 2.45) is 0 Å². The summed E-state index contributed by atoms with van der Waals surface area (Å²) >= 11 is 5.90. The summed E-state index contributed by atoms with van der Waals surface area (Å²) in [5.74, 6) is 0.102. The van der Waals surface area contributed by atoms with Crippen LogP contribution in [-0.4, -0.2) is 32.0 Å². The Balaban J connectivity index is 2.23. The normalized spacial score (nSPS) is 11.7. The number of anilines is 1. The summed E-state index contributed by atoms with van der Waals surface area (Å²) in [6.07, 6.45) is 2.89. The average molecular weight is 285 g/mol. The predicted octanol–water partition coefficient (Wildman–Crippen LogP) is 2.34. The number of halogens is 1.